The minimum atomic E-state index is -0.190. The summed E-state index contributed by atoms with van der Waals surface area (Å²) in [4.78, 5) is 15.4. The molecule has 0 atom stereocenters. The molecular formula is C11H14N2OS. The van der Waals surface area contributed by atoms with Gasteiger partial charge in [-0.3, -0.25) is 4.79 Å². The summed E-state index contributed by atoms with van der Waals surface area (Å²) < 4.78 is 0. The van der Waals surface area contributed by atoms with Gasteiger partial charge >= 0.3 is 0 Å². The molecular weight excluding hydrogens is 208 g/mol. The van der Waals surface area contributed by atoms with E-state index < -0.39 is 0 Å². The molecule has 15 heavy (non-hydrogen) atoms. The zero-order valence-electron chi connectivity index (χ0n) is 8.91. The molecule has 0 radical (unpaired) electrons. The number of nitrogens with zero attached hydrogens (tertiary/aromatic N) is 1. The second-order valence-electron chi connectivity index (χ2n) is 4.22. The Labute approximate surface area is 93.2 Å². The third kappa shape index (κ3) is 2.26. The van der Waals surface area contributed by atoms with Crippen molar-refractivity contribution in [2.75, 3.05) is 0 Å². The molecule has 1 aromatic rings. The summed E-state index contributed by atoms with van der Waals surface area (Å²) >= 11 is 1.63. The molecule has 0 saturated heterocycles. The number of rotatable bonds is 3. The van der Waals surface area contributed by atoms with Crippen LogP contribution in [-0.4, -0.2) is 10.8 Å². The average Bonchev–Trinajstić information content (AvgIpc) is 2.75. The smallest absolute Gasteiger partial charge is 0.157 e. The molecule has 1 N–H and O–H groups in total. The predicted octanol–water partition coefficient (Wildman–Crippen LogP) is 2.21. The van der Waals surface area contributed by atoms with Crippen molar-refractivity contribution >= 4 is 17.1 Å². The van der Waals surface area contributed by atoms with E-state index >= 15 is 0 Å². The first kappa shape index (κ1) is 10.4. The van der Waals surface area contributed by atoms with Crippen molar-refractivity contribution in [3.8, 4) is 0 Å². The van der Waals surface area contributed by atoms with Gasteiger partial charge in [-0.1, -0.05) is 0 Å². The maximum Gasteiger partial charge on any atom is 0.157 e. The monoisotopic (exact) mass is 222 g/mol. The first-order chi connectivity index (χ1) is 7.08. The van der Waals surface area contributed by atoms with E-state index in [1.54, 1.807) is 23.6 Å². The topological polar surface area (TPSA) is 42.0 Å². The lowest BCUT2D eigenvalue weighted by Crippen LogP contribution is -2.35. The summed E-state index contributed by atoms with van der Waals surface area (Å²) in [5.74, 6) is 0.215. The Morgan fingerprint density at radius 3 is 2.80 bits per heavy atom. The van der Waals surface area contributed by atoms with Crippen molar-refractivity contribution in [1.29, 1.82) is 0 Å². The minimum Gasteiger partial charge on any atom is -0.377 e. The van der Waals surface area contributed by atoms with Gasteiger partial charge in [0.25, 0.3) is 0 Å². The second kappa shape index (κ2) is 3.77. The molecule has 0 aromatic carbocycles. The van der Waals surface area contributed by atoms with Crippen LogP contribution in [0.4, 0.5) is 0 Å². The van der Waals surface area contributed by atoms with E-state index in [4.69, 9.17) is 0 Å². The number of aromatic nitrogens is 1. The maximum absolute atomic E-state index is 11.1. The molecule has 0 aliphatic heterocycles. The quantitative estimate of drug-likeness (QED) is 0.852. The Morgan fingerprint density at radius 1 is 1.47 bits per heavy atom. The molecule has 1 aliphatic rings. The Hall–Kier alpha value is -1.16. The number of ketones is 1. The molecule has 0 fully saturated rings. The number of thiazole rings is 1. The van der Waals surface area contributed by atoms with E-state index in [0.29, 0.717) is 6.42 Å². The number of carbonyl (C=O) groups excluding carboxylic acids is 1. The lowest BCUT2D eigenvalue weighted by molar-refractivity contribution is -0.114. The Morgan fingerprint density at radius 2 is 2.27 bits per heavy atom. The molecule has 0 bridgehead atoms. The summed E-state index contributed by atoms with van der Waals surface area (Å²) in [7, 11) is 0. The van der Waals surface area contributed by atoms with Gasteiger partial charge in [0, 0.05) is 29.8 Å². The third-order valence-corrected chi connectivity index (χ3v) is 3.51. The SMILES string of the molecule is CC(C)(NC1=CC(=O)CC1)c1nccs1. The summed E-state index contributed by atoms with van der Waals surface area (Å²) in [6.07, 6.45) is 4.97. The van der Waals surface area contributed by atoms with Gasteiger partial charge in [-0.2, -0.15) is 0 Å². The van der Waals surface area contributed by atoms with Crippen molar-refractivity contribution < 1.29 is 4.79 Å². The Balaban J connectivity index is 2.11. The highest BCUT2D eigenvalue weighted by molar-refractivity contribution is 7.09. The maximum atomic E-state index is 11.1. The predicted molar refractivity (Wildman–Crippen MR) is 60.6 cm³/mol. The van der Waals surface area contributed by atoms with Crippen LogP contribution >= 0.6 is 11.3 Å². The largest absolute Gasteiger partial charge is 0.377 e. The van der Waals surface area contributed by atoms with Gasteiger partial charge in [0.05, 0.1) is 5.54 Å². The molecule has 1 heterocycles. The molecule has 80 valence electrons. The number of allylic oxidation sites excluding steroid dienone is 2. The second-order valence-corrected chi connectivity index (χ2v) is 5.12. The Kier molecular flexibility index (Phi) is 2.61. The summed E-state index contributed by atoms with van der Waals surface area (Å²) in [6.45, 7) is 4.16. The van der Waals surface area contributed by atoms with Gasteiger partial charge in [-0.15, -0.1) is 11.3 Å². The van der Waals surface area contributed by atoms with Crippen LogP contribution in [0.15, 0.2) is 23.3 Å². The molecule has 0 saturated carbocycles. The zero-order valence-corrected chi connectivity index (χ0v) is 9.73. The fourth-order valence-corrected chi connectivity index (χ4v) is 2.40. The molecule has 0 spiro atoms. The highest BCUT2D eigenvalue weighted by Gasteiger charge is 2.25. The fourth-order valence-electron chi connectivity index (χ4n) is 1.68. The van der Waals surface area contributed by atoms with Crippen molar-refractivity contribution in [3.63, 3.8) is 0 Å². The normalized spacial score (nSPS) is 16.7. The van der Waals surface area contributed by atoms with Gasteiger partial charge in [0.1, 0.15) is 5.01 Å². The molecule has 4 heteroatoms. The molecule has 1 aromatic heterocycles. The first-order valence-corrected chi connectivity index (χ1v) is 5.87. The molecule has 1 aliphatic carbocycles. The van der Waals surface area contributed by atoms with E-state index in [0.717, 1.165) is 17.1 Å². The van der Waals surface area contributed by atoms with Crippen molar-refractivity contribution in [1.82, 2.24) is 10.3 Å². The van der Waals surface area contributed by atoms with E-state index in [2.05, 4.69) is 24.1 Å². The average molecular weight is 222 g/mol. The van der Waals surface area contributed by atoms with Gasteiger partial charge in [0.2, 0.25) is 0 Å². The van der Waals surface area contributed by atoms with E-state index in [9.17, 15) is 4.79 Å². The zero-order chi connectivity index (χ0) is 10.9. The van der Waals surface area contributed by atoms with E-state index in [1.165, 1.54) is 0 Å². The Bertz CT molecular complexity index is 393. The van der Waals surface area contributed by atoms with Crippen molar-refractivity contribution in [2.24, 2.45) is 0 Å². The summed E-state index contributed by atoms with van der Waals surface area (Å²) in [5, 5.41) is 6.39. The lowest BCUT2D eigenvalue weighted by atomic mass is 10.1. The number of nitrogens with one attached hydrogen (secondary N) is 1. The van der Waals surface area contributed by atoms with Crippen molar-refractivity contribution in [3.05, 3.63) is 28.4 Å². The highest BCUT2D eigenvalue weighted by atomic mass is 32.1. The first-order valence-electron chi connectivity index (χ1n) is 4.99. The third-order valence-electron chi connectivity index (χ3n) is 2.42. The fraction of sp³-hybridized carbons (Fsp3) is 0.455. The van der Waals surface area contributed by atoms with Gasteiger partial charge in [-0.05, 0) is 20.3 Å². The molecule has 3 nitrogen and oxygen atoms in total. The standard InChI is InChI=1S/C11H14N2OS/c1-11(2,10-12-5-6-15-10)13-8-3-4-9(14)7-8/h5-7,13H,3-4H2,1-2H3. The lowest BCUT2D eigenvalue weighted by Gasteiger charge is -2.25. The van der Waals surface area contributed by atoms with Crippen LogP contribution in [0.2, 0.25) is 0 Å². The van der Waals surface area contributed by atoms with Crippen LogP contribution in [0.1, 0.15) is 31.7 Å². The molecule has 2 rings (SSSR count). The molecule has 0 unspecified atom stereocenters. The van der Waals surface area contributed by atoms with Crippen LogP contribution in [-0.2, 0) is 10.3 Å². The van der Waals surface area contributed by atoms with Crippen LogP contribution in [0.5, 0.6) is 0 Å². The number of carbonyl (C=O) groups is 1. The minimum absolute atomic E-state index is 0.190. The van der Waals surface area contributed by atoms with Gasteiger partial charge < -0.3 is 5.32 Å². The number of hydrogen-bond donors (Lipinski definition) is 1. The van der Waals surface area contributed by atoms with Gasteiger partial charge in [0.15, 0.2) is 5.78 Å². The van der Waals surface area contributed by atoms with Crippen LogP contribution < -0.4 is 5.32 Å². The van der Waals surface area contributed by atoms with E-state index in [-0.39, 0.29) is 11.3 Å². The van der Waals surface area contributed by atoms with Crippen LogP contribution in [0, 0.1) is 0 Å². The van der Waals surface area contributed by atoms with E-state index in [1.807, 2.05) is 5.38 Å². The highest BCUT2D eigenvalue weighted by Crippen LogP contribution is 2.25. The summed E-state index contributed by atoms with van der Waals surface area (Å²) in [6, 6.07) is 0. The number of hydrogen-bond acceptors (Lipinski definition) is 4. The van der Waals surface area contributed by atoms with Crippen LogP contribution in [0.25, 0.3) is 0 Å². The van der Waals surface area contributed by atoms with Gasteiger partial charge in [-0.25, -0.2) is 4.98 Å². The molecule has 0 amide bonds. The van der Waals surface area contributed by atoms with Crippen LogP contribution in [0.3, 0.4) is 0 Å². The van der Waals surface area contributed by atoms with Crippen molar-refractivity contribution in [2.45, 2.75) is 32.2 Å². The summed E-state index contributed by atoms with van der Waals surface area (Å²) in [5.41, 5.74) is 0.838.